The summed E-state index contributed by atoms with van der Waals surface area (Å²) in [5, 5.41) is 0. The molecule has 1 aromatic carbocycles. The molecule has 0 atom stereocenters. The molecule has 0 saturated carbocycles. The van der Waals surface area contributed by atoms with Gasteiger partial charge in [-0.05, 0) is 31.4 Å². The van der Waals surface area contributed by atoms with Crippen LogP contribution in [0.4, 0.5) is 5.69 Å². The van der Waals surface area contributed by atoms with Crippen molar-refractivity contribution in [2.75, 3.05) is 44.7 Å². The largest absolute Gasteiger partial charge is 3.00 e. The average molecular weight is 335 g/mol. The molecular formula is C15H22N2OY+. The van der Waals surface area contributed by atoms with E-state index in [9.17, 15) is 0 Å². The van der Waals surface area contributed by atoms with E-state index in [0.717, 1.165) is 45.0 Å². The quantitative estimate of drug-likeness (QED) is 0.731. The van der Waals surface area contributed by atoms with Crippen molar-refractivity contribution in [3.05, 3.63) is 37.6 Å². The number of hydrogen-bond acceptors (Lipinski definition) is 3. The van der Waals surface area contributed by atoms with Gasteiger partial charge in [-0.3, -0.25) is 6.42 Å². The van der Waals surface area contributed by atoms with Crippen LogP contribution in [0.2, 0.25) is 0 Å². The van der Waals surface area contributed by atoms with Crippen LogP contribution in [-0.4, -0.2) is 44.7 Å². The fourth-order valence-corrected chi connectivity index (χ4v) is 2.59. The van der Waals surface area contributed by atoms with E-state index < -0.39 is 0 Å². The Balaban J connectivity index is 0.000000902. The van der Waals surface area contributed by atoms with Crippen LogP contribution in [0.3, 0.4) is 0 Å². The first-order chi connectivity index (χ1) is 8.34. The third-order valence-electron chi connectivity index (χ3n) is 3.66. The Morgan fingerprint density at radius 1 is 1.16 bits per heavy atom. The van der Waals surface area contributed by atoms with Gasteiger partial charge in [-0.1, -0.05) is 6.07 Å². The minimum absolute atomic E-state index is 0. The van der Waals surface area contributed by atoms with E-state index in [2.05, 4.69) is 41.5 Å². The molecule has 0 N–H and O–H groups in total. The van der Waals surface area contributed by atoms with Crippen molar-refractivity contribution in [1.29, 1.82) is 0 Å². The molecule has 3 nitrogen and oxygen atoms in total. The van der Waals surface area contributed by atoms with Crippen molar-refractivity contribution in [1.82, 2.24) is 4.90 Å². The van der Waals surface area contributed by atoms with Crippen LogP contribution >= 0.6 is 0 Å². The molecule has 100 valence electrons. The van der Waals surface area contributed by atoms with Crippen LogP contribution in [0.15, 0.2) is 18.2 Å². The van der Waals surface area contributed by atoms with Crippen molar-refractivity contribution in [3.63, 3.8) is 0 Å². The van der Waals surface area contributed by atoms with E-state index >= 15 is 0 Å². The van der Waals surface area contributed by atoms with Crippen LogP contribution in [0.5, 0.6) is 5.75 Å². The third kappa shape index (κ3) is 3.71. The van der Waals surface area contributed by atoms with Gasteiger partial charge in [-0.25, -0.2) is 0 Å². The molecule has 2 heterocycles. The van der Waals surface area contributed by atoms with Crippen molar-refractivity contribution in [3.8, 4) is 5.75 Å². The minimum Gasteiger partial charge on any atom is -0.525 e. The standard InChI is InChI=1S/C14H19N2O.CH3.Y/c1-15-7-9-16(10-8-15)13-5-2-6-14-12(13)4-3-11-17-14;;/h2-3,5-6H,4,7-11H2,1H3;1H3;/q2*-1;+3. The van der Waals surface area contributed by atoms with E-state index in [1.807, 2.05) is 0 Å². The summed E-state index contributed by atoms with van der Waals surface area (Å²) >= 11 is 0. The summed E-state index contributed by atoms with van der Waals surface area (Å²) < 4.78 is 5.68. The van der Waals surface area contributed by atoms with Crippen molar-refractivity contribution in [2.45, 2.75) is 6.42 Å². The summed E-state index contributed by atoms with van der Waals surface area (Å²) in [5.41, 5.74) is 2.73. The minimum atomic E-state index is 0. The number of likely N-dealkylation sites (N-methyl/N-ethyl adjacent to an activating group) is 1. The predicted molar refractivity (Wildman–Crippen MR) is 76.1 cm³/mol. The van der Waals surface area contributed by atoms with Gasteiger partial charge in [-0.15, -0.1) is 6.42 Å². The Bertz CT molecular complexity index is 403. The Morgan fingerprint density at radius 3 is 2.63 bits per heavy atom. The molecule has 4 heteroatoms. The summed E-state index contributed by atoms with van der Waals surface area (Å²) in [6.45, 7) is 5.28. The molecule has 0 aromatic heterocycles. The molecule has 0 unspecified atom stereocenters. The van der Waals surface area contributed by atoms with Crippen molar-refractivity contribution < 1.29 is 37.4 Å². The zero-order valence-electron chi connectivity index (χ0n) is 11.9. The zero-order valence-corrected chi connectivity index (χ0v) is 14.8. The second kappa shape index (κ2) is 7.61. The molecule has 0 spiro atoms. The van der Waals surface area contributed by atoms with Gasteiger partial charge in [0, 0.05) is 31.9 Å². The van der Waals surface area contributed by atoms with Gasteiger partial charge in [0.25, 0.3) is 0 Å². The molecule has 19 heavy (non-hydrogen) atoms. The Labute approximate surface area is 142 Å². The Morgan fingerprint density at radius 2 is 1.89 bits per heavy atom. The monoisotopic (exact) mass is 335 g/mol. The maximum atomic E-state index is 5.68. The summed E-state index contributed by atoms with van der Waals surface area (Å²) in [7, 11) is 2.19. The molecule has 1 saturated heterocycles. The summed E-state index contributed by atoms with van der Waals surface area (Å²) in [6, 6.07) is 6.42. The van der Waals surface area contributed by atoms with Gasteiger partial charge >= 0.3 is 32.7 Å². The van der Waals surface area contributed by atoms with Crippen LogP contribution in [0.1, 0.15) is 5.56 Å². The first-order valence-corrected chi connectivity index (χ1v) is 6.34. The van der Waals surface area contributed by atoms with Gasteiger partial charge < -0.3 is 22.0 Å². The van der Waals surface area contributed by atoms with Crippen LogP contribution < -0.4 is 9.64 Å². The SMILES string of the molecule is CN1CCN(c2cccc3c2C[CH-]CO3)CC1.[CH3-].[Y+3]. The molecule has 0 amide bonds. The molecule has 3 rings (SSSR count). The molecule has 1 aromatic rings. The number of nitrogens with zero attached hydrogens (tertiary/aromatic N) is 2. The number of rotatable bonds is 1. The topological polar surface area (TPSA) is 15.7 Å². The summed E-state index contributed by atoms with van der Waals surface area (Å²) in [4.78, 5) is 4.87. The number of anilines is 1. The maximum absolute atomic E-state index is 5.68. The molecule has 0 aliphatic carbocycles. The molecule has 2 aliphatic rings. The molecular weight excluding hydrogens is 313 g/mol. The fraction of sp³-hybridized carbons (Fsp3) is 0.467. The summed E-state index contributed by atoms with van der Waals surface area (Å²) in [6.07, 6.45) is 3.25. The van der Waals surface area contributed by atoms with Crippen LogP contribution in [0.25, 0.3) is 0 Å². The van der Waals surface area contributed by atoms with E-state index in [1.54, 1.807) is 0 Å². The smallest absolute Gasteiger partial charge is 0.525 e. The fourth-order valence-electron chi connectivity index (χ4n) is 2.59. The molecule has 2 aliphatic heterocycles. The van der Waals surface area contributed by atoms with E-state index in [1.165, 1.54) is 11.3 Å². The second-order valence-corrected chi connectivity index (χ2v) is 4.85. The van der Waals surface area contributed by atoms with Crippen molar-refractivity contribution in [2.24, 2.45) is 0 Å². The van der Waals surface area contributed by atoms with E-state index in [-0.39, 0.29) is 40.1 Å². The van der Waals surface area contributed by atoms with Crippen molar-refractivity contribution >= 4 is 5.69 Å². The number of ether oxygens (including phenoxy) is 1. The normalized spacial score (nSPS) is 18.7. The van der Waals surface area contributed by atoms with Gasteiger partial charge in [0.15, 0.2) is 0 Å². The van der Waals surface area contributed by atoms with E-state index in [0.29, 0.717) is 0 Å². The number of hydrogen-bond donors (Lipinski definition) is 0. The number of piperazine rings is 1. The summed E-state index contributed by atoms with van der Waals surface area (Å²) in [5.74, 6) is 1.07. The maximum Gasteiger partial charge on any atom is 3.00 e. The van der Waals surface area contributed by atoms with Gasteiger partial charge in [0.2, 0.25) is 0 Å². The van der Waals surface area contributed by atoms with Gasteiger partial charge in [-0.2, -0.15) is 0 Å². The zero-order chi connectivity index (χ0) is 11.7. The van der Waals surface area contributed by atoms with Gasteiger partial charge in [0.1, 0.15) is 5.75 Å². The molecule has 0 bridgehead atoms. The second-order valence-electron chi connectivity index (χ2n) is 4.85. The average Bonchev–Trinajstić information content (AvgIpc) is 2.39. The first-order valence-electron chi connectivity index (χ1n) is 6.34. The van der Waals surface area contributed by atoms with Crippen LogP contribution in [0, 0.1) is 13.8 Å². The third-order valence-corrected chi connectivity index (χ3v) is 3.66. The van der Waals surface area contributed by atoms with Gasteiger partial charge in [0.05, 0.1) is 0 Å². The number of benzene rings is 1. The van der Waals surface area contributed by atoms with Crippen LogP contribution in [-0.2, 0) is 39.1 Å². The Hall–Kier alpha value is -0.116. The van der Waals surface area contributed by atoms with E-state index in [4.69, 9.17) is 4.74 Å². The first kappa shape index (κ1) is 16.9. The number of fused-ring (bicyclic) bond motifs is 1. The molecule has 0 radical (unpaired) electrons. The predicted octanol–water partition coefficient (Wildman–Crippen LogP) is 2.03. The molecule has 1 fully saturated rings. The Kier molecular flexibility index (Phi) is 6.78.